The number of anilines is 1. The molecule has 0 fully saturated rings. The van der Waals surface area contributed by atoms with Crippen molar-refractivity contribution in [2.24, 2.45) is 0 Å². The van der Waals surface area contributed by atoms with Crippen LogP contribution in [0.25, 0.3) is 11.2 Å². The number of hydrogen-bond acceptors (Lipinski definition) is 6. The van der Waals surface area contributed by atoms with Crippen LogP contribution in [0.15, 0.2) is 12.1 Å². The van der Waals surface area contributed by atoms with Gasteiger partial charge in [0, 0.05) is 23.1 Å². The fourth-order valence-electron chi connectivity index (χ4n) is 3.75. The van der Waals surface area contributed by atoms with Crippen molar-refractivity contribution in [3.8, 4) is 0 Å². The Balaban J connectivity index is 1.73. The van der Waals surface area contributed by atoms with Crippen molar-refractivity contribution in [3.05, 3.63) is 44.3 Å². The molecule has 1 aliphatic carbocycles. The van der Waals surface area contributed by atoms with Crippen LogP contribution in [-0.4, -0.2) is 40.2 Å². The lowest BCUT2D eigenvalue weighted by molar-refractivity contribution is 0.343. The highest BCUT2D eigenvalue weighted by atomic mass is 127. The SMILES string of the molecule is CCS(=O)(=O)NCCn1c(Cc2cc3c(cc2I)CCC3F)nc2c(N)nc(F)nc21. The highest BCUT2D eigenvalue weighted by Gasteiger charge is 2.24. The molecule has 0 saturated carbocycles. The predicted molar refractivity (Wildman–Crippen MR) is 121 cm³/mol. The molecule has 0 spiro atoms. The van der Waals surface area contributed by atoms with Gasteiger partial charge in [-0.1, -0.05) is 6.07 Å². The number of halogens is 3. The molecule has 8 nitrogen and oxygen atoms in total. The first-order valence-electron chi connectivity index (χ1n) is 9.79. The molecule has 1 unspecified atom stereocenters. The number of aromatic nitrogens is 4. The Morgan fingerprint density at radius 1 is 1.32 bits per heavy atom. The largest absolute Gasteiger partial charge is 0.382 e. The smallest absolute Gasteiger partial charge is 0.312 e. The van der Waals surface area contributed by atoms with E-state index in [-0.39, 0.29) is 35.8 Å². The van der Waals surface area contributed by atoms with Gasteiger partial charge in [0.05, 0.1) is 5.75 Å². The highest BCUT2D eigenvalue weighted by Crippen LogP contribution is 2.36. The minimum Gasteiger partial charge on any atom is -0.382 e. The summed E-state index contributed by atoms with van der Waals surface area (Å²) < 4.78 is 56.7. The summed E-state index contributed by atoms with van der Waals surface area (Å²) in [6.45, 7) is 1.79. The summed E-state index contributed by atoms with van der Waals surface area (Å²) in [4.78, 5) is 11.9. The first-order chi connectivity index (χ1) is 14.7. The van der Waals surface area contributed by atoms with E-state index in [2.05, 4.69) is 42.3 Å². The van der Waals surface area contributed by atoms with Gasteiger partial charge in [0.2, 0.25) is 10.0 Å². The van der Waals surface area contributed by atoms with Gasteiger partial charge in [0.1, 0.15) is 12.0 Å². The molecule has 4 rings (SSSR count). The second-order valence-corrected chi connectivity index (χ2v) is 10.6. The van der Waals surface area contributed by atoms with E-state index >= 15 is 0 Å². The van der Waals surface area contributed by atoms with Crippen molar-refractivity contribution in [2.75, 3.05) is 18.0 Å². The van der Waals surface area contributed by atoms with Gasteiger partial charge in [-0.05, 0) is 65.1 Å². The number of rotatable bonds is 7. The fourth-order valence-corrected chi connectivity index (χ4v) is 5.08. The topological polar surface area (TPSA) is 116 Å². The van der Waals surface area contributed by atoms with Gasteiger partial charge in [-0.3, -0.25) is 0 Å². The number of benzene rings is 1. The van der Waals surface area contributed by atoms with Gasteiger partial charge < -0.3 is 10.3 Å². The van der Waals surface area contributed by atoms with Crippen LogP contribution in [0, 0.1) is 9.65 Å². The molecular formula is C19H21F2IN6O2S. The Morgan fingerprint density at radius 3 is 2.84 bits per heavy atom. The summed E-state index contributed by atoms with van der Waals surface area (Å²) in [5.74, 6) is 0.374. The van der Waals surface area contributed by atoms with Crippen LogP contribution in [0.4, 0.5) is 14.6 Å². The highest BCUT2D eigenvalue weighted by molar-refractivity contribution is 14.1. The van der Waals surface area contributed by atoms with Gasteiger partial charge in [0.15, 0.2) is 17.0 Å². The van der Waals surface area contributed by atoms with Crippen LogP contribution in [0.1, 0.15) is 42.0 Å². The van der Waals surface area contributed by atoms with E-state index in [1.54, 1.807) is 4.57 Å². The zero-order chi connectivity index (χ0) is 22.3. The maximum Gasteiger partial charge on any atom is 0.312 e. The number of nitrogens with two attached hydrogens (primary N) is 1. The van der Waals surface area contributed by atoms with Gasteiger partial charge in [-0.15, -0.1) is 0 Å². The third-order valence-corrected chi connectivity index (χ3v) is 7.78. The summed E-state index contributed by atoms with van der Waals surface area (Å²) in [6, 6.07) is 3.84. The Morgan fingerprint density at radius 2 is 2.10 bits per heavy atom. The van der Waals surface area contributed by atoms with Crippen LogP contribution < -0.4 is 10.5 Å². The number of imidazole rings is 1. The molecule has 166 valence electrons. The van der Waals surface area contributed by atoms with Gasteiger partial charge >= 0.3 is 6.08 Å². The first-order valence-corrected chi connectivity index (χ1v) is 12.5. The molecule has 2 aromatic heterocycles. The molecule has 1 aromatic carbocycles. The molecule has 0 amide bonds. The summed E-state index contributed by atoms with van der Waals surface area (Å²) in [6.07, 6.45) is -0.441. The molecule has 31 heavy (non-hydrogen) atoms. The number of nitrogens with zero attached hydrogens (tertiary/aromatic N) is 4. The van der Waals surface area contributed by atoms with E-state index < -0.39 is 22.3 Å². The van der Waals surface area contributed by atoms with Crippen molar-refractivity contribution >= 4 is 49.6 Å². The zero-order valence-electron chi connectivity index (χ0n) is 16.7. The Labute approximate surface area is 191 Å². The maximum atomic E-state index is 14.3. The fraction of sp³-hybridized carbons (Fsp3) is 0.421. The van der Waals surface area contributed by atoms with Crippen molar-refractivity contribution in [1.82, 2.24) is 24.2 Å². The number of alkyl halides is 1. The minimum atomic E-state index is -3.39. The van der Waals surface area contributed by atoms with Crippen molar-refractivity contribution < 1.29 is 17.2 Å². The van der Waals surface area contributed by atoms with Crippen LogP contribution in [0.5, 0.6) is 0 Å². The standard InChI is InChI=1S/C19H21F2IN6O2S/c1-2-31(29,30)24-5-6-28-15(25-16-17(23)26-19(21)27-18(16)28)9-11-7-12-10(8-14(11)22)3-4-13(12)20/h7-8,13,24H,2-6,9H2,1H3,(H2,23,26,27). The zero-order valence-corrected chi connectivity index (χ0v) is 19.7. The normalized spacial score (nSPS) is 16.2. The number of nitrogen functional groups attached to an aromatic ring is 1. The molecule has 0 bridgehead atoms. The first kappa shape index (κ1) is 22.3. The van der Waals surface area contributed by atoms with Gasteiger partial charge in [0.25, 0.3) is 0 Å². The maximum absolute atomic E-state index is 14.3. The van der Waals surface area contributed by atoms with E-state index in [0.29, 0.717) is 30.7 Å². The number of nitrogens with one attached hydrogen (secondary N) is 1. The third-order valence-electron chi connectivity index (χ3n) is 5.37. The van der Waals surface area contributed by atoms with E-state index in [1.165, 1.54) is 6.92 Å². The van der Waals surface area contributed by atoms with E-state index in [4.69, 9.17) is 5.73 Å². The second-order valence-electron chi connectivity index (χ2n) is 7.35. The Bertz CT molecular complexity index is 1260. The predicted octanol–water partition coefficient (Wildman–Crippen LogP) is 2.64. The van der Waals surface area contributed by atoms with Crippen molar-refractivity contribution in [2.45, 2.75) is 38.9 Å². The molecule has 1 atom stereocenters. The molecule has 3 N–H and O–H groups in total. The Kier molecular flexibility index (Phi) is 6.14. The Hall–Kier alpha value is -1.93. The number of hydrogen-bond donors (Lipinski definition) is 2. The van der Waals surface area contributed by atoms with Crippen LogP contribution in [0.3, 0.4) is 0 Å². The molecule has 0 saturated heterocycles. The van der Waals surface area contributed by atoms with Crippen molar-refractivity contribution in [3.63, 3.8) is 0 Å². The lowest BCUT2D eigenvalue weighted by atomic mass is 10.0. The third kappa shape index (κ3) is 4.51. The average Bonchev–Trinajstić information content (AvgIpc) is 3.23. The number of aryl methyl sites for hydroxylation is 1. The summed E-state index contributed by atoms with van der Waals surface area (Å²) in [5.41, 5.74) is 8.86. The monoisotopic (exact) mass is 562 g/mol. The summed E-state index contributed by atoms with van der Waals surface area (Å²) in [5, 5.41) is 0. The lowest BCUT2D eigenvalue weighted by Gasteiger charge is -2.12. The van der Waals surface area contributed by atoms with Crippen LogP contribution >= 0.6 is 22.6 Å². The quantitative estimate of drug-likeness (QED) is 0.338. The van der Waals surface area contributed by atoms with E-state index in [9.17, 15) is 17.2 Å². The van der Waals surface area contributed by atoms with Gasteiger partial charge in [-0.25, -0.2) is 22.5 Å². The molecule has 3 aromatic rings. The van der Waals surface area contributed by atoms with Gasteiger partial charge in [-0.2, -0.15) is 14.4 Å². The second kappa shape index (κ2) is 8.54. The summed E-state index contributed by atoms with van der Waals surface area (Å²) in [7, 11) is -3.39. The van der Waals surface area contributed by atoms with E-state index in [1.807, 2.05) is 12.1 Å². The number of sulfonamides is 1. The van der Waals surface area contributed by atoms with Crippen molar-refractivity contribution in [1.29, 1.82) is 0 Å². The minimum absolute atomic E-state index is 0.0496. The van der Waals surface area contributed by atoms with Crippen LogP contribution in [0.2, 0.25) is 0 Å². The molecule has 0 radical (unpaired) electrons. The average molecular weight is 562 g/mol. The molecule has 12 heteroatoms. The summed E-state index contributed by atoms with van der Waals surface area (Å²) >= 11 is 2.21. The van der Waals surface area contributed by atoms with E-state index in [0.717, 1.165) is 14.7 Å². The lowest BCUT2D eigenvalue weighted by Crippen LogP contribution is -2.29. The van der Waals surface area contributed by atoms with Crippen LogP contribution in [-0.2, 0) is 29.4 Å². The molecule has 1 aliphatic rings. The molecular weight excluding hydrogens is 541 g/mol. The number of fused-ring (bicyclic) bond motifs is 2. The molecule has 0 aliphatic heterocycles. The molecule has 2 heterocycles.